The third-order valence-electron chi connectivity index (χ3n) is 5.51. The van der Waals surface area contributed by atoms with Crippen molar-refractivity contribution in [2.24, 2.45) is 4.99 Å². The highest BCUT2D eigenvalue weighted by Gasteiger charge is 2.28. The van der Waals surface area contributed by atoms with Crippen molar-refractivity contribution in [3.63, 3.8) is 0 Å². The van der Waals surface area contributed by atoms with E-state index in [9.17, 15) is 4.79 Å². The minimum atomic E-state index is -0.216. The number of carbonyl (C=O) groups excluding carboxylic acids is 1. The van der Waals surface area contributed by atoms with Crippen molar-refractivity contribution in [3.05, 3.63) is 59.0 Å². The van der Waals surface area contributed by atoms with E-state index in [1.807, 2.05) is 24.3 Å². The van der Waals surface area contributed by atoms with Crippen LogP contribution < -0.4 is 15.0 Å². The van der Waals surface area contributed by atoms with Gasteiger partial charge in [0.2, 0.25) is 5.96 Å². The smallest absolute Gasteiger partial charge is 0.276 e. The van der Waals surface area contributed by atoms with E-state index in [0.29, 0.717) is 22.3 Å². The van der Waals surface area contributed by atoms with E-state index in [1.54, 1.807) is 25.6 Å². The number of para-hydroxylation sites is 2. The first-order chi connectivity index (χ1) is 15.1. The Kier molecular flexibility index (Phi) is 4.99. The number of piperazine rings is 1. The monoisotopic (exact) mass is 436 g/mol. The summed E-state index contributed by atoms with van der Waals surface area (Å²) in [6, 6.07) is 9.82. The molecule has 31 heavy (non-hydrogen) atoms. The van der Waals surface area contributed by atoms with Gasteiger partial charge in [-0.2, -0.15) is 0 Å². The summed E-state index contributed by atoms with van der Waals surface area (Å²) in [7, 11) is 1.68. The number of aromatic amines is 1. The Balaban J connectivity index is 1.33. The van der Waals surface area contributed by atoms with Crippen molar-refractivity contribution in [3.8, 4) is 5.75 Å². The van der Waals surface area contributed by atoms with Crippen LogP contribution in [0.1, 0.15) is 5.56 Å². The Bertz CT molecular complexity index is 1210. The van der Waals surface area contributed by atoms with Gasteiger partial charge >= 0.3 is 0 Å². The molecule has 1 fully saturated rings. The number of hydrogen-bond acceptors (Lipinski definition) is 6. The zero-order valence-electron chi connectivity index (χ0n) is 16.9. The van der Waals surface area contributed by atoms with Gasteiger partial charge in [-0.25, -0.2) is 9.98 Å². The van der Waals surface area contributed by atoms with Gasteiger partial charge in [0.1, 0.15) is 17.1 Å². The van der Waals surface area contributed by atoms with Crippen LogP contribution in [0.2, 0.25) is 5.02 Å². The summed E-state index contributed by atoms with van der Waals surface area (Å²) < 4.78 is 5.48. The number of ether oxygens (including phenoxy) is 1. The van der Waals surface area contributed by atoms with E-state index >= 15 is 0 Å². The van der Waals surface area contributed by atoms with Gasteiger partial charge in [-0.1, -0.05) is 23.7 Å². The lowest BCUT2D eigenvalue weighted by molar-refractivity contribution is -0.115. The maximum atomic E-state index is 12.5. The van der Waals surface area contributed by atoms with Gasteiger partial charge < -0.3 is 19.5 Å². The summed E-state index contributed by atoms with van der Waals surface area (Å²) in [5, 5.41) is 4.29. The summed E-state index contributed by atoms with van der Waals surface area (Å²) in [5.74, 6) is 1.24. The Hall–Kier alpha value is -3.52. The Labute approximate surface area is 184 Å². The second-order valence-electron chi connectivity index (χ2n) is 7.36. The molecule has 9 heteroatoms. The number of aliphatic imine (C=N–C) groups is 1. The van der Waals surface area contributed by atoms with E-state index in [-0.39, 0.29) is 5.91 Å². The molecule has 4 heterocycles. The van der Waals surface area contributed by atoms with E-state index in [2.05, 4.69) is 36.1 Å². The lowest BCUT2D eigenvalue weighted by Crippen LogP contribution is -2.52. The number of carbonyl (C=O) groups is 1. The van der Waals surface area contributed by atoms with Crippen LogP contribution in [-0.4, -0.2) is 60.0 Å². The number of H-pyrrole nitrogens is 1. The number of hydrogen-bond donors (Lipinski definition) is 2. The Morgan fingerprint density at radius 2 is 1.94 bits per heavy atom. The quantitative estimate of drug-likeness (QED) is 0.616. The first-order valence-electron chi connectivity index (χ1n) is 9.99. The molecule has 1 aromatic carbocycles. The number of anilines is 1. The first kappa shape index (κ1) is 19.4. The number of pyridine rings is 1. The van der Waals surface area contributed by atoms with Crippen LogP contribution >= 0.6 is 11.6 Å². The standard InChI is InChI=1S/C22H21ClN6O2/c1-31-19-5-3-2-4-18(19)28-6-8-29(9-7-28)22-26-17(21(30)27-22)10-14-12-24-20-16(14)11-15(23)13-25-20/h2-5,10-13H,6-9H2,1H3,(H,24,25)(H,26,27,30)/b17-10-. The number of halogens is 1. The summed E-state index contributed by atoms with van der Waals surface area (Å²) in [6.07, 6.45) is 5.14. The zero-order chi connectivity index (χ0) is 21.4. The van der Waals surface area contributed by atoms with Crippen LogP contribution in [0.5, 0.6) is 5.75 Å². The summed E-state index contributed by atoms with van der Waals surface area (Å²) in [5.41, 5.74) is 2.98. The maximum Gasteiger partial charge on any atom is 0.276 e. The van der Waals surface area contributed by atoms with Crippen LogP contribution in [0.25, 0.3) is 17.1 Å². The number of guanidine groups is 1. The predicted octanol–water partition coefficient (Wildman–Crippen LogP) is 2.87. The number of nitrogens with one attached hydrogen (secondary N) is 2. The van der Waals surface area contributed by atoms with Crippen molar-refractivity contribution >= 4 is 46.3 Å². The number of rotatable bonds is 3. The molecule has 8 nitrogen and oxygen atoms in total. The van der Waals surface area contributed by atoms with Crippen LogP contribution in [0.3, 0.4) is 0 Å². The largest absolute Gasteiger partial charge is 0.495 e. The van der Waals surface area contributed by atoms with Crippen LogP contribution in [0.15, 0.2) is 53.4 Å². The van der Waals surface area contributed by atoms with Gasteiger partial charge in [-0.15, -0.1) is 0 Å². The molecule has 2 N–H and O–H groups in total. The molecule has 5 rings (SSSR count). The fourth-order valence-electron chi connectivity index (χ4n) is 3.92. The molecule has 0 spiro atoms. The average Bonchev–Trinajstić information content (AvgIpc) is 3.37. The van der Waals surface area contributed by atoms with Gasteiger partial charge in [0.15, 0.2) is 0 Å². The van der Waals surface area contributed by atoms with Gasteiger partial charge in [-0.05, 0) is 24.3 Å². The van der Waals surface area contributed by atoms with Crippen molar-refractivity contribution in [1.29, 1.82) is 0 Å². The minimum absolute atomic E-state index is 0.216. The van der Waals surface area contributed by atoms with Gasteiger partial charge in [0.25, 0.3) is 5.91 Å². The highest BCUT2D eigenvalue weighted by atomic mass is 35.5. The number of methoxy groups -OCH3 is 1. The minimum Gasteiger partial charge on any atom is -0.495 e. The van der Waals surface area contributed by atoms with E-state index in [4.69, 9.17) is 16.3 Å². The lowest BCUT2D eigenvalue weighted by Gasteiger charge is -2.37. The molecule has 2 aliphatic heterocycles. The molecular weight excluding hydrogens is 416 g/mol. The van der Waals surface area contributed by atoms with E-state index in [1.165, 1.54) is 0 Å². The Morgan fingerprint density at radius 3 is 2.74 bits per heavy atom. The molecule has 1 amide bonds. The van der Waals surface area contributed by atoms with Crippen molar-refractivity contribution in [1.82, 2.24) is 20.2 Å². The normalized spacial score (nSPS) is 17.9. The number of benzene rings is 1. The molecule has 0 aliphatic carbocycles. The molecule has 0 bridgehead atoms. The third-order valence-corrected chi connectivity index (χ3v) is 5.72. The van der Waals surface area contributed by atoms with Crippen molar-refractivity contribution in [2.45, 2.75) is 0 Å². The van der Waals surface area contributed by atoms with Crippen molar-refractivity contribution < 1.29 is 9.53 Å². The maximum absolute atomic E-state index is 12.5. The number of nitrogens with zero attached hydrogens (tertiary/aromatic N) is 4. The summed E-state index contributed by atoms with van der Waals surface area (Å²) in [4.78, 5) is 28.8. The predicted molar refractivity (Wildman–Crippen MR) is 121 cm³/mol. The van der Waals surface area contributed by atoms with E-state index in [0.717, 1.165) is 48.6 Å². The molecule has 0 unspecified atom stereocenters. The molecule has 2 aromatic heterocycles. The SMILES string of the molecule is COc1ccccc1N1CCN(C2=N/C(=C\c3c[nH]c4ncc(Cl)cc34)C(=O)N2)CC1. The van der Waals surface area contributed by atoms with Gasteiger partial charge in [0, 0.05) is 49.5 Å². The fourth-order valence-corrected chi connectivity index (χ4v) is 4.08. The molecule has 0 atom stereocenters. The molecule has 1 saturated heterocycles. The molecule has 2 aliphatic rings. The van der Waals surface area contributed by atoms with Crippen LogP contribution in [0, 0.1) is 0 Å². The second kappa shape index (κ2) is 7.96. The molecule has 0 radical (unpaired) electrons. The highest BCUT2D eigenvalue weighted by molar-refractivity contribution is 6.31. The number of aromatic nitrogens is 2. The zero-order valence-corrected chi connectivity index (χ0v) is 17.7. The molecular formula is C22H21ClN6O2. The van der Waals surface area contributed by atoms with E-state index < -0.39 is 0 Å². The Morgan fingerprint density at radius 1 is 1.16 bits per heavy atom. The number of fused-ring (bicyclic) bond motifs is 1. The molecule has 3 aromatic rings. The molecule has 158 valence electrons. The topological polar surface area (TPSA) is 85.8 Å². The van der Waals surface area contributed by atoms with Crippen molar-refractivity contribution in [2.75, 3.05) is 38.2 Å². The fraction of sp³-hybridized carbons (Fsp3) is 0.227. The summed E-state index contributed by atoms with van der Waals surface area (Å²) in [6.45, 7) is 3.11. The lowest BCUT2D eigenvalue weighted by atomic mass is 10.2. The van der Waals surface area contributed by atoms with Gasteiger partial charge in [0.05, 0.1) is 17.8 Å². The van der Waals surface area contributed by atoms with Crippen LogP contribution in [-0.2, 0) is 4.79 Å². The highest BCUT2D eigenvalue weighted by Crippen LogP contribution is 2.29. The summed E-state index contributed by atoms with van der Waals surface area (Å²) >= 11 is 6.07. The van der Waals surface area contributed by atoms with Crippen LogP contribution in [0.4, 0.5) is 5.69 Å². The second-order valence-corrected chi connectivity index (χ2v) is 7.80. The third kappa shape index (κ3) is 3.70. The number of amides is 1. The molecule has 0 saturated carbocycles. The average molecular weight is 437 g/mol. The first-order valence-corrected chi connectivity index (χ1v) is 10.4. The van der Waals surface area contributed by atoms with Gasteiger partial charge in [-0.3, -0.25) is 10.1 Å².